The summed E-state index contributed by atoms with van der Waals surface area (Å²) in [6, 6.07) is 78.8. The van der Waals surface area contributed by atoms with Crippen LogP contribution in [0.25, 0.3) is 49.7 Å². The van der Waals surface area contributed by atoms with Crippen LogP contribution in [0.3, 0.4) is 0 Å². The lowest BCUT2D eigenvalue weighted by molar-refractivity contribution is 0.442. The predicted octanol–water partition coefficient (Wildman–Crippen LogP) is 14.4. The molecule has 0 unspecified atom stereocenters. The van der Waals surface area contributed by atoms with Crippen LogP contribution >= 0.6 is 0 Å². The molecule has 3 heteroatoms. The molecule has 3 nitrogen and oxygen atoms in total. The van der Waals surface area contributed by atoms with Crippen LogP contribution in [0.15, 0.2) is 218 Å². The molecule has 272 valence electrons. The minimum absolute atomic E-state index is 0.517. The van der Waals surface area contributed by atoms with Gasteiger partial charge in [0.25, 0.3) is 0 Å². The number of rotatable bonds is 5. The van der Waals surface area contributed by atoms with E-state index in [9.17, 15) is 0 Å². The van der Waals surface area contributed by atoms with Crippen molar-refractivity contribution in [3.8, 4) is 39.4 Å². The van der Waals surface area contributed by atoms with E-state index in [0.29, 0.717) is 0 Å². The van der Waals surface area contributed by atoms with Crippen LogP contribution in [-0.2, 0) is 5.41 Å². The Hall–Kier alpha value is -7.62. The molecule has 12 rings (SSSR count). The van der Waals surface area contributed by atoms with E-state index >= 15 is 0 Å². The van der Waals surface area contributed by atoms with Gasteiger partial charge in [-0.2, -0.15) is 0 Å². The Morgan fingerprint density at radius 1 is 0.379 bits per heavy atom. The van der Waals surface area contributed by atoms with E-state index in [4.69, 9.17) is 4.74 Å². The highest BCUT2D eigenvalue weighted by atomic mass is 16.5. The van der Waals surface area contributed by atoms with Gasteiger partial charge in [-0.05, 0) is 100 Å². The summed E-state index contributed by atoms with van der Waals surface area (Å²) in [4.78, 5) is 2.32. The molecule has 0 radical (unpaired) electrons. The van der Waals surface area contributed by atoms with Gasteiger partial charge in [0.15, 0.2) is 0 Å². The number of hydrogen-bond donors (Lipinski definition) is 0. The molecule has 58 heavy (non-hydrogen) atoms. The Bertz CT molecular complexity index is 3140. The number of anilines is 3. The van der Waals surface area contributed by atoms with Gasteiger partial charge in [0.1, 0.15) is 11.5 Å². The number of aromatic nitrogens is 1. The second-order valence-corrected chi connectivity index (χ2v) is 15.2. The van der Waals surface area contributed by atoms with Crippen LogP contribution in [0, 0.1) is 0 Å². The fraction of sp³-hybridized carbons (Fsp3) is 0.0182. The van der Waals surface area contributed by atoms with Crippen molar-refractivity contribution in [1.29, 1.82) is 0 Å². The largest absolute Gasteiger partial charge is 0.456 e. The first kappa shape index (κ1) is 32.6. The maximum Gasteiger partial charge on any atom is 0.142 e. The Balaban J connectivity index is 1.03. The van der Waals surface area contributed by atoms with Crippen molar-refractivity contribution in [3.05, 3.63) is 241 Å². The molecule has 1 spiro atoms. The lowest BCUT2D eigenvalue weighted by Gasteiger charge is -2.39. The van der Waals surface area contributed by atoms with E-state index in [2.05, 4.69) is 228 Å². The molecule has 9 aromatic carbocycles. The summed E-state index contributed by atoms with van der Waals surface area (Å²) >= 11 is 0. The van der Waals surface area contributed by atoms with Crippen molar-refractivity contribution in [1.82, 2.24) is 4.57 Å². The van der Waals surface area contributed by atoms with Gasteiger partial charge in [0.05, 0.1) is 21.8 Å². The third-order valence-electron chi connectivity index (χ3n) is 12.3. The summed E-state index contributed by atoms with van der Waals surface area (Å²) in [7, 11) is 0. The fourth-order valence-electron chi connectivity index (χ4n) is 9.85. The zero-order valence-corrected chi connectivity index (χ0v) is 31.6. The minimum atomic E-state index is -0.517. The maximum absolute atomic E-state index is 7.13. The summed E-state index contributed by atoms with van der Waals surface area (Å²) in [6.45, 7) is 0. The first-order valence-corrected chi connectivity index (χ1v) is 19.9. The lowest BCUT2D eigenvalue weighted by Crippen LogP contribution is -2.32. The SMILES string of the molecule is c1ccc(-c2ccc(N(c3ccccc3)c3ccc(-n4c5ccccc5c5c6c(ccc54)C4(c5ccccc5O6)c5ccccc5-c5ccccc54)cc3)cc2)cc1. The number of nitrogens with zero attached hydrogens (tertiary/aromatic N) is 2. The second-order valence-electron chi connectivity index (χ2n) is 15.2. The first-order chi connectivity index (χ1) is 28.8. The number of ether oxygens (including phenoxy) is 1. The highest BCUT2D eigenvalue weighted by Crippen LogP contribution is 2.63. The van der Waals surface area contributed by atoms with Gasteiger partial charge in [-0.1, -0.05) is 152 Å². The molecule has 0 fully saturated rings. The average molecular weight is 741 g/mol. The van der Waals surface area contributed by atoms with E-state index in [1.807, 2.05) is 0 Å². The molecule has 2 heterocycles. The van der Waals surface area contributed by atoms with Gasteiger partial charge in [-0.15, -0.1) is 0 Å². The van der Waals surface area contributed by atoms with Gasteiger partial charge in [0.2, 0.25) is 0 Å². The highest BCUT2D eigenvalue weighted by molar-refractivity contribution is 6.13. The molecule has 0 N–H and O–H groups in total. The molecule has 1 aliphatic carbocycles. The molecule has 0 amide bonds. The minimum Gasteiger partial charge on any atom is -0.456 e. The van der Waals surface area contributed by atoms with Crippen LogP contribution in [0.4, 0.5) is 17.1 Å². The number of fused-ring (bicyclic) bond motifs is 13. The Morgan fingerprint density at radius 3 is 1.62 bits per heavy atom. The van der Waals surface area contributed by atoms with E-state index in [0.717, 1.165) is 56.1 Å². The molecule has 2 aliphatic rings. The molecule has 1 aromatic heterocycles. The van der Waals surface area contributed by atoms with Crippen LogP contribution in [0.1, 0.15) is 22.3 Å². The third-order valence-corrected chi connectivity index (χ3v) is 12.3. The predicted molar refractivity (Wildman–Crippen MR) is 238 cm³/mol. The number of hydrogen-bond acceptors (Lipinski definition) is 2. The normalized spacial score (nSPS) is 13.1. The summed E-state index contributed by atoms with van der Waals surface area (Å²) in [6.07, 6.45) is 0. The summed E-state index contributed by atoms with van der Waals surface area (Å²) in [5, 5.41) is 2.29. The Morgan fingerprint density at radius 2 is 0.914 bits per heavy atom. The van der Waals surface area contributed by atoms with Crippen molar-refractivity contribution >= 4 is 38.9 Å². The topological polar surface area (TPSA) is 17.4 Å². The van der Waals surface area contributed by atoms with Gasteiger partial charge in [-0.25, -0.2) is 0 Å². The third kappa shape index (κ3) is 4.62. The second kappa shape index (κ2) is 12.7. The lowest BCUT2D eigenvalue weighted by atomic mass is 9.66. The number of para-hydroxylation sites is 3. The monoisotopic (exact) mass is 740 g/mol. The van der Waals surface area contributed by atoms with Crippen LogP contribution in [-0.4, -0.2) is 4.57 Å². The van der Waals surface area contributed by atoms with E-state index in [1.54, 1.807) is 0 Å². The van der Waals surface area contributed by atoms with Crippen molar-refractivity contribution in [3.63, 3.8) is 0 Å². The maximum atomic E-state index is 7.13. The van der Waals surface area contributed by atoms with Crippen molar-refractivity contribution in [2.45, 2.75) is 5.41 Å². The van der Waals surface area contributed by atoms with Gasteiger partial charge >= 0.3 is 0 Å². The smallest absolute Gasteiger partial charge is 0.142 e. The summed E-state index contributed by atoms with van der Waals surface area (Å²) < 4.78 is 9.52. The van der Waals surface area contributed by atoms with E-state index < -0.39 is 5.41 Å². The zero-order valence-electron chi connectivity index (χ0n) is 31.6. The molecule has 0 bridgehead atoms. The standard InChI is InChI=1S/C55H36N2O/c1-3-15-37(16-4-1)38-27-29-40(30-28-38)56(39-17-5-2-6-18-39)41-31-33-42(34-32-41)57-50-25-13-9-21-45(50)53-51(57)36-35-49-54(53)58-52-26-14-12-24-48(52)55(49)46-22-10-7-19-43(46)44-20-8-11-23-47(44)55/h1-36H. The molecule has 0 saturated carbocycles. The molecular weight excluding hydrogens is 705 g/mol. The van der Waals surface area contributed by atoms with Crippen LogP contribution in [0.2, 0.25) is 0 Å². The van der Waals surface area contributed by atoms with Crippen LogP contribution in [0.5, 0.6) is 11.5 Å². The van der Waals surface area contributed by atoms with Crippen molar-refractivity contribution in [2.75, 3.05) is 4.90 Å². The summed E-state index contributed by atoms with van der Waals surface area (Å²) in [5.41, 5.74) is 16.0. The molecule has 0 saturated heterocycles. The van der Waals surface area contributed by atoms with Gasteiger partial charge in [-0.3, -0.25) is 0 Å². The Labute approximate surface area is 337 Å². The molecule has 0 atom stereocenters. The highest BCUT2D eigenvalue weighted by Gasteiger charge is 2.51. The quantitative estimate of drug-likeness (QED) is 0.175. The van der Waals surface area contributed by atoms with Gasteiger partial charge in [0, 0.05) is 39.3 Å². The Kier molecular flexibility index (Phi) is 7.14. The van der Waals surface area contributed by atoms with Gasteiger partial charge < -0.3 is 14.2 Å². The fourth-order valence-corrected chi connectivity index (χ4v) is 9.85. The molecule has 1 aliphatic heterocycles. The van der Waals surface area contributed by atoms with Crippen LogP contribution < -0.4 is 9.64 Å². The zero-order chi connectivity index (χ0) is 38.2. The molecular formula is C55H36N2O. The number of benzene rings is 9. The summed E-state index contributed by atoms with van der Waals surface area (Å²) in [5.74, 6) is 1.82. The van der Waals surface area contributed by atoms with Crippen molar-refractivity contribution in [2.24, 2.45) is 0 Å². The molecule has 10 aromatic rings. The van der Waals surface area contributed by atoms with Crippen molar-refractivity contribution < 1.29 is 4.74 Å². The van der Waals surface area contributed by atoms with E-state index in [1.165, 1.54) is 44.5 Å². The average Bonchev–Trinajstić information content (AvgIpc) is 3.79. The first-order valence-electron chi connectivity index (χ1n) is 19.9. The van der Waals surface area contributed by atoms with E-state index in [-0.39, 0.29) is 0 Å².